The highest BCUT2D eigenvalue weighted by atomic mass is 16.4. The molecule has 2 aromatic rings. The van der Waals surface area contributed by atoms with Crippen LogP contribution in [0.4, 0.5) is 5.69 Å². The predicted octanol–water partition coefficient (Wildman–Crippen LogP) is 2.52. The van der Waals surface area contributed by atoms with Crippen LogP contribution in [0.15, 0.2) is 39.5 Å². The van der Waals surface area contributed by atoms with Crippen molar-refractivity contribution >= 4 is 28.9 Å². The topological polar surface area (TPSA) is 181 Å². The van der Waals surface area contributed by atoms with Gasteiger partial charge < -0.3 is 35.5 Å². The van der Waals surface area contributed by atoms with Crippen LogP contribution < -0.4 is 10.6 Å². The van der Waals surface area contributed by atoms with Gasteiger partial charge >= 0.3 is 0 Å². The lowest BCUT2D eigenvalue weighted by Crippen LogP contribution is -2.65. The second-order valence-electron chi connectivity index (χ2n) is 12.8. The van der Waals surface area contributed by atoms with E-state index >= 15 is 0 Å². The van der Waals surface area contributed by atoms with Crippen molar-refractivity contribution in [1.82, 2.24) is 9.80 Å². The number of carbonyl (C=O) groups is 3. The summed E-state index contributed by atoms with van der Waals surface area (Å²) in [6, 6.07) is 4.26. The van der Waals surface area contributed by atoms with Crippen molar-refractivity contribution < 1.29 is 39.2 Å². The molecule has 0 unspecified atom stereocenters. The maximum absolute atomic E-state index is 14.2. The molecule has 1 saturated carbocycles. The number of phenolic OH excluding ortho intramolecular Hbond substituents is 1. The van der Waals surface area contributed by atoms with Crippen LogP contribution in [0.3, 0.4) is 0 Å². The first kappa shape index (κ1) is 32.3. The Kier molecular flexibility index (Phi) is 8.13. The molecule has 1 aliphatic heterocycles. The summed E-state index contributed by atoms with van der Waals surface area (Å²) in [6.07, 6.45) is 2.50. The Balaban J connectivity index is 0.00000400. The van der Waals surface area contributed by atoms with Crippen molar-refractivity contribution in [3.63, 3.8) is 0 Å². The van der Waals surface area contributed by atoms with Gasteiger partial charge in [0.25, 0.3) is 5.91 Å². The van der Waals surface area contributed by atoms with Gasteiger partial charge in [-0.15, -0.1) is 0 Å². The molecule has 1 saturated heterocycles. The Morgan fingerprint density at radius 2 is 1.78 bits per heavy atom. The number of nitrogens with zero attached hydrogens (tertiary/aromatic N) is 3. The van der Waals surface area contributed by atoms with E-state index in [1.165, 1.54) is 4.90 Å². The maximum Gasteiger partial charge on any atom is 0.255 e. The number of furan rings is 1. The number of Topliss-reactive ketones (excluding diaryl/α,β-unsaturated/α-hetero) is 2. The number of likely N-dealkylation sites (tertiary alicyclic amines) is 1. The lowest BCUT2D eigenvalue weighted by molar-refractivity contribution is -0.153. The van der Waals surface area contributed by atoms with Gasteiger partial charge in [-0.05, 0) is 82.5 Å². The minimum absolute atomic E-state index is 0. The Morgan fingerprint density at radius 1 is 1.11 bits per heavy atom. The van der Waals surface area contributed by atoms with E-state index in [-0.39, 0.29) is 37.2 Å². The van der Waals surface area contributed by atoms with Gasteiger partial charge in [-0.1, -0.05) is 7.43 Å². The fourth-order valence-electron chi connectivity index (χ4n) is 7.65. The summed E-state index contributed by atoms with van der Waals surface area (Å²) in [5.74, 6) is -5.69. The number of likely N-dealkylation sites (N-methyl/N-ethyl adjacent to an activating group) is 1. The third-order valence-corrected chi connectivity index (χ3v) is 9.68. The fraction of sp³-hybridized carbons (Fsp3) is 0.485. The SMILES string of the molecule is C.CN(C)c1cc(-c2ccc(CN3CCCC3)o2)c(O)c2c1C[C@H]1C[C@H]3[C@H](N(C)C)C(=O)C(C(N)=O)=C(O)[C@@]3(O)C(=O)C1=C2O. The number of carbonyl (C=O) groups excluding carboxylic acids is 3. The van der Waals surface area contributed by atoms with E-state index < -0.39 is 58.0 Å². The van der Waals surface area contributed by atoms with E-state index in [0.717, 1.165) is 31.7 Å². The van der Waals surface area contributed by atoms with Crippen LogP contribution in [0, 0.1) is 11.8 Å². The van der Waals surface area contributed by atoms with Crippen molar-refractivity contribution in [3.8, 4) is 17.1 Å². The van der Waals surface area contributed by atoms with Crippen LogP contribution >= 0.6 is 0 Å². The smallest absolute Gasteiger partial charge is 0.255 e. The number of aliphatic hydroxyl groups is 3. The highest BCUT2D eigenvalue weighted by molar-refractivity contribution is 6.24. The number of fused-ring (bicyclic) bond motifs is 3. The molecule has 4 aliphatic rings. The van der Waals surface area contributed by atoms with Gasteiger partial charge in [0.1, 0.15) is 34.4 Å². The number of ketones is 2. The number of rotatable bonds is 6. The number of hydrogen-bond acceptors (Lipinski definition) is 11. The van der Waals surface area contributed by atoms with Crippen molar-refractivity contribution in [2.24, 2.45) is 17.6 Å². The molecule has 3 aliphatic carbocycles. The van der Waals surface area contributed by atoms with Crippen LogP contribution in [0.2, 0.25) is 0 Å². The number of hydrogen-bond donors (Lipinski definition) is 5. The molecule has 6 N–H and O–H groups in total. The molecule has 4 atom stereocenters. The molecule has 1 aromatic carbocycles. The number of phenols is 1. The van der Waals surface area contributed by atoms with Gasteiger partial charge in [-0.25, -0.2) is 0 Å². The number of primary amides is 1. The minimum atomic E-state index is -2.69. The van der Waals surface area contributed by atoms with E-state index in [0.29, 0.717) is 29.1 Å². The molecule has 0 radical (unpaired) electrons. The number of aromatic hydroxyl groups is 1. The van der Waals surface area contributed by atoms with Crippen LogP contribution in [0.5, 0.6) is 5.75 Å². The molecule has 242 valence electrons. The molecule has 2 fully saturated rings. The number of benzene rings is 1. The van der Waals surface area contributed by atoms with Crippen LogP contribution in [0.1, 0.15) is 43.6 Å². The monoisotopic (exact) mass is 622 g/mol. The molecular weight excluding hydrogens is 580 g/mol. The first-order valence-electron chi connectivity index (χ1n) is 14.8. The summed E-state index contributed by atoms with van der Waals surface area (Å²) in [5.41, 5.74) is 3.32. The first-order valence-corrected chi connectivity index (χ1v) is 14.8. The molecule has 2 heterocycles. The Labute approximate surface area is 262 Å². The second kappa shape index (κ2) is 11.3. The van der Waals surface area contributed by atoms with Gasteiger partial charge in [0.2, 0.25) is 5.78 Å². The van der Waals surface area contributed by atoms with E-state index in [2.05, 4.69) is 4.90 Å². The van der Waals surface area contributed by atoms with E-state index in [4.69, 9.17) is 10.2 Å². The highest BCUT2D eigenvalue weighted by Gasteiger charge is 2.64. The molecule has 1 aromatic heterocycles. The first-order chi connectivity index (χ1) is 20.8. The van der Waals surface area contributed by atoms with Gasteiger partial charge in [-0.3, -0.25) is 24.2 Å². The van der Waals surface area contributed by atoms with Gasteiger partial charge in [0, 0.05) is 31.3 Å². The fourth-order valence-corrected chi connectivity index (χ4v) is 7.65. The van der Waals surface area contributed by atoms with Gasteiger partial charge in [-0.2, -0.15) is 0 Å². The lowest BCUT2D eigenvalue weighted by atomic mass is 9.57. The van der Waals surface area contributed by atoms with Crippen molar-refractivity contribution in [1.29, 1.82) is 0 Å². The molecule has 12 nitrogen and oxygen atoms in total. The van der Waals surface area contributed by atoms with Crippen LogP contribution in [-0.4, -0.2) is 101 Å². The van der Waals surface area contributed by atoms with Gasteiger partial charge in [0.05, 0.1) is 23.7 Å². The molecular formula is C33H42N4O8. The summed E-state index contributed by atoms with van der Waals surface area (Å²) in [6.45, 7) is 2.62. The zero-order valence-electron chi connectivity index (χ0n) is 25.3. The standard InChI is InChI=1S/C32H38N4O8.CH4/c1-34(2)20-13-18(21-8-7-16(44-21)14-36-9-5-6-10-36)26(37)23-17(20)11-15-12-19-25(35(3)4)28(39)24(31(33)42)30(41)32(19,43)29(40)22(15)27(23)38;/h7-8,13,15,19,25,37-38,41,43H,5-6,9-12,14H2,1-4H3,(H2,33,42);1H4/t15-,19-,25-,32-;/m0./s1. The van der Waals surface area contributed by atoms with Crippen LogP contribution in [0.25, 0.3) is 17.1 Å². The van der Waals surface area contributed by atoms with Crippen molar-refractivity contribution in [2.45, 2.75) is 51.3 Å². The summed E-state index contributed by atoms with van der Waals surface area (Å²) >= 11 is 0. The molecule has 0 bridgehead atoms. The van der Waals surface area contributed by atoms with Crippen molar-refractivity contribution in [3.05, 3.63) is 52.0 Å². The lowest BCUT2D eigenvalue weighted by Gasteiger charge is -2.50. The zero-order valence-corrected chi connectivity index (χ0v) is 25.3. The van der Waals surface area contributed by atoms with E-state index in [1.54, 1.807) is 26.2 Å². The quantitative estimate of drug-likeness (QED) is 0.299. The Hall–Kier alpha value is -4.13. The summed E-state index contributed by atoms with van der Waals surface area (Å²) in [5, 5.41) is 46.3. The molecule has 1 amide bonds. The third-order valence-electron chi connectivity index (χ3n) is 9.68. The van der Waals surface area contributed by atoms with Crippen LogP contribution in [-0.2, 0) is 27.3 Å². The van der Waals surface area contributed by atoms with E-state index in [9.17, 15) is 34.8 Å². The van der Waals surface area contributed by atoms with Gasteiger partial charge in [0.15, 0.2) is 11.4 Å². The highest BCUT2D eigenvalue weighted by Crippen LogP contribution is 2.55. The van der Waals surface area contributed by atoms with E-state index in [1.807, 2.05) is 25.1 Å². The molecule has 45 heavy (non-hydrogen) atoms. The Morgan fingerprint density at radius 3 is 2.38 bits per heavy atom. The minimum Gasteiger partial charge on any atom is -0.508 e. The molecule has 0 spiro atoms. The average Bonchev–Trinajstić information content (AvgIpc) is 3.63. The molecule has 6 rings (SSSR count). The normalized spacial score (nSPS) is 26.5. The van der Waals surface area contributed by atoms with Crippen molar-refractivity contribution in [2.75, 3.05) is 46.2 Å². The molecule has 12 heteroatoms. The predicted molar refractivity (Wildman–Crippen MR) is 168 cm³/mol. The third kappa shape index (κ3) is 4.74. The number of aliphatic hydroxyl groups excluding tert-OH is 2. The number of amides is 1. The number of anilines is 1. The summed E-state index contributed by atoms with van der Waals surface area (Å²) < 4.78 is 6.14. The zero-order chi connectivity index (χ0) is 31.8. The Bertz CT molecular complexity index is 1650. The largest absolute Gasteiger partial charge is 0.508 e. The number of nitrogens with two attached hydrogens (primary N) is 1. The average molecular weight is 623 g/mol. The second-order valence-corrected chi connectivity index (χ2v) is 12.8. The summed E-state index contributed by atoms with van der Waals surface area (Å²) in [4.78, 5) is 45.3. The summed E-state index contributed by atoms with van der Waals surface area (Å²) in [7, 11) is 6.80. The maximum atomic E-state index is 14.2.